The van der Waals surface area contributed by atoms with Crippen LogP contribution in [0.2, 0.25) is 5.02 Å². The Morgan fingerprint density at radius 2 is 2.00 bits per heavy atom. The zero-order valence-corrected chi connectivity index (χ0v) is 21.0. The van der Waals surface area contributed by atoms with Crippen molar-refractivity contribution >= 4 is 52.8 Å². The van der Waals surface area contributed by atoms with Crippen LogP contribution >= 0.6 is 23.5 Å². The summed E-state index contributed by atoms with van der Waals surface area (Å²) in [4.78, 5) is 24.9. The summed E-state index contributed by atoms with van der Waals surface area (Å²) in [6.45, 7) is 0.409. The highest BCUT2D eigenvalue weighted by Crippen LogP contribution is 2.34. The summed E-state index contributed by atoms with van der Waals surface area (Å²) in [5, 5.41) is 27.7. The number of phenols is 2. The van der Waals surface area contributed by atoms with E-state index in [9.17, 15) is 15.0 Å². The zero-order chi connectivity index (χ0) is 26.8. The van der Waals surface area contributed by atoms with Gasteiger partial charge >= 0.3 is 0 Å². The van der Waals surface area contributed by atoms with Gasteiger partial charge in [0.25, 0.3) is 11.7 Å². The molecule has 0 aliphatic carbocycles. The van der Waals surface area contributed by atoms with Gasteiger partial charge in [0, 0.05) is 23.2 Å². The van der Waals surface area contributed by atoms with Crippen LogP contribution in [0.1, 0.15) is 15.9 Å². The largest absolute Gasteiger partial charge is 0.508 e. The summed E-state index contributed by atoms with van der Waals surface area (Å²) in [6, 6.07) is 11.5. The highest BCUT2D eigenvalue weighted by atomic mass is 35.5. The molecular weight excluding hydrogens is 534 g/mol. The van der Waals surface area contributed by atoms with Crippen LogP contribution in [-0.2, 0) is 6.42 Å². The number of amides is 1. The number of nitrogens with zero attached hydrogens (tertiary/aromatic N) is 5. The van der Waals surface area contributed by atoms with E-state index in [4.69, 9.17) is 27.5 Å². The SMILES string of the molecule is NC(=O)c1cc(SNc2ccc(CCNc3nc(N)n4nc(-c5ccco5)nc4n3)c(O)c2)cc(Cl)c1O. The number of phenolic OH excluding ortho intramolecular Hbond substituents is 1. The Hall–Kier alpha value is -4.69. The summed E-state index contributed by atoms with van der Waals surface area (Å²) >= 11 is 7.11. The van der Waals surface area contributed by atoms with E-state index < -0.39 is 5.91 Å². The third kappa shape index (κ3) is 5.21. The molecule has 0 saturated carbocycles. The number of carbonyl (C=O) groups excluding carboxylic acids is 1. The van der Waals surface area contributed by atoms with E-state index in [0.717, 1.165) is 11.9 Å². The minimum atomic E-state index is -0.796. The van der Waals surface area contributed by atoms with Crippen LogP contribution in [-0.4, -0.2) is 47.2 Å². The number of benzene rings is 2. The topological polar surface area (TPSA) is 203 Å². The Bertz CT molecular complexity index is 1640. The molecule has 38 heavy (non-hydrogen) atoms. The van der Waals surface area contributed by atoms with Crippen LogP contribution in [0.25, 0.3) is 17.4 Å². The molecule has 0 fully saturated rings. The molecular formula is C23H20ClN9O4S. The second-order valence-corrected chi connectivity index (χ2v) is 9.21. The van der Waals surface area contributed by atoms with Crippen molar-refractivity contribution in [3.05, 3.63) is 64.9 Å². The number of primary amides is 1. The standard InChI is InChI=1S/C23H20ClN9O4S/c24-15-10-13(9-14(18(15)35)19(25)36)38-32-12-4-3-11(16(34)8-12)5-6-27-22-29-21(26)33-23(30-22)28-20(31-33)17-2-1-7-37-17/h1-4,7-10,32,34-35H,5-6H2,(H2,25,36)(H3,26,27,28,29,30,31). The van der Waals surface area contributed by atoms with Gasteiger partial charge in [0.1, 0.15) is 11.5 Å². The molecule has 8 N–H and O–H groups in total. The fourth-order valence-electron chi connectivity index (χ4n) is 3.48. The molecule has 3 aromatic heterocycles. The molecule has 0 bridgehead atoms. The Kier molecular flexibility index (Phi) is 6.81. The predicted octanol–water partition coefficient (Wildman–Crippen LogP) is 3.30. The molecule has 5 rings (SSSR count). The van der Waals surface area contributed by atoms with E-state index in [-0.39, 0.29) is 39.8 Å². The van der Waals surface area contributed by atoms with Gasteiger partial charge in [0.15, 0.2) is 5.76 Å². The molecule has 2 aromatic carbocycles. The first-order valence-corrected chi connectivity index (χ1v) is 12.2. The molecule has 3 heterocycles. The van der Waals surface area contributed by atoms with E-state index in [1.165, 1.54) is 22.9 Å². The maximum atomic E-state index is 11.5. The lowest BCUT2D eigenvalue weighted by atomic mass is 10.1. The number of carbonyl (C=O) groups is 1. The minimum Gasteiger partial charge on any atom is -0.508 e. The van der Waals surface area contributed by atoms with E-state index in [0.29, 0.717) is 40.7 Å². The number of halogens is 1. The fourth-order valence-corrected chi connectivity index (χ4v) is 4.48. The molecule has 0 atom stereocenters. The number of aromatic hydroxyl groups is 2. The van der Waals surface area contributed by atoms with Crippen molar-refractivity contribution in [1.82, 2.24) is 24.6 Å². The summed E-state index contributed by atoms with van der Waals surface area (Å²) in [7, 11) is 0. The molecule has 0 unspecified atom stereocenters. The normalized spacial score (nSPS) is 11.1. The number of hydrogen-bond donors (Lipinski definition) is 6. The van der Waals surface area contributed by atoms with Gasteiger partial charge in [-0.1, -0.05) is 17.7 Å². The quantitative estimate of drug-likeness (QED) is 0.145. The first kappa shape index (κ1) is 25.0. The van der Waals surface area contributed by atoms with Crippen LogP contribution in [0, 0.1) is 0 Å². The highest BCUT2D eigenvalue weighted by molar-refractivity contribution is 8.00. The Balaban J connectivity index is 1.20. The van der Waals surface area contributed by atoms with Gasteiger partial charge in [0.05, 0.1) is 16.8 Å². The van der Waals surface area contributed by atoms with E-state index >= 15 is 0 Å². The first-order valence-electron chi connectivity index (χ1n) is 11.0. The van der Waals surface area contributed by atoms with Gasteiger partial charge in [-0.3, -0.25) is 4.79 Å². The van der Waals surface area contributed by atoms with Gasteiger partial charge in [-0.15, -0.1) is 5.10 Å². The predicted molar refractivity (Wildman–Crippen MR) is 142 cm³/mol. The number of nitrogens with one attached hydrogen (secondary N) is 2. The van der Waals surface area contributed by atoms with Crippen LogP contribution < -0.4 is 21.5 Å². The van der Waals surface area contributed by atoms with Crippen molar-refractivity contribution in [2.45, 2.75) is 11.3 Å². The van der Waals surface area contributed by atoms with Crippen molar-refractivity contribution in [2.75, 3.05) is 22.3 Å². The maximum Gasteiger partial charge on any atom is 0.259 e. The fraction of sp³-hybridized carbons (Fsp3) is 0.0870. The zero-order valence-electron chi connectivity index (χ0n) is 19.4. The highest BCUT2D eigenvalue weighted by Gasteiger charge is 2.15. The van der Waals surface area contributed by atoms with Crippen molar-refractivity contribution in [2.24, 2.45) is 5.73 Å². The van der Waals surface area contributed by atoms with Gasteiger partial charge in [-0.2, -0.15) is 19.5 Å². The molecule has 13 nitrogen and oxygen atoms in total. The molecule has 0 radical (unpaired) electrons. The second-order valence-electron chi connectivity index (χ2n) is 7.92. The van der Waals surface area contributed by atoms with Crippen LogP contribution in [0.3, 0.4) is 0 Å². The van der Waals surface area contributed by atoms with Gasteiger partial charge in [0.2, 0.25) is 17.7 Å². The van der Waals surface area contributed by atoms with Crippen LogP contribution in [0.5, 0.6) is 11.5 Å². The van der Waals surface area contributed by atoms with Crippen molar-refractivity contribution < 1.29 is 19.4 Å². The molecule has 15 heteroatoms. The number of nitrogen functional groups attached to an aromatic ring is 1. The van der Waals surface area contributed by atoms with Gasteiger partial charge in [-0.25, -0.2) is 0 Å². The monoisotopic (exact) mass is 553 g/mol. The van der Waals surface area contributed by atoms with Crippen LogP contribution in [0.15, 0.2) is 58.0 Å². The summed E-state index contributed by atoms with van der Waals surface area (Å²) < 4.78 is 9.68. The smallest absolute Gasteiger partial charge is 0.259 e. The maximum absolute atomic E-state index is 11.5. The lowest BCUT2D eigenvalue weighted by Crippen LogP contribution is -2.12. The number of nitrogens with two attached hydrogens (primary N) is 2. The second kappa shape index (κ2) is 10.4. The molecule has 0 aliphatic heterocycles. The summed E-state index contributed by atoms with van der Waals surface area (Å²) in [5.74, 6) is 0.380. The van der Waals surface area contributed by atoms with Crippen molar-refractivity contribution in [1.29, 1.82) is 0 Å². The molecule has 0 spiro atoms. The number of rotatable bonds is 9. The molecule has 0 aliphatic rings. The third-order valence-corrected chi connectivity index (χ3v) is 6.42. The van der Waals surface area contributed by atoms with Crippen LogP contribution in [0.4, 0.5) is 17.6 Å². The Labute approximate surface area is 224 Å². The number of furan rings is 1. The van der Waals surface area contributed by atoms with Crippen molar-refractivity contribution in [3.63, 3.8) is 0 Å². The van der Waals surface area contributed by atoms with Gasteiger partial charge < -0.3 is 36.1 Å². The lowest BCUT2D eigenvalue weighted by molar-refractivity contribution is 0.0997. The average Bonchev–Trinajstić information content (AvgIpc) is 3.56. The number of hydrogen-bond acceptors (Lipinski definition) is 12. The van der Waals surface area contributed by atoms with Crippen molar-refractivity contribution in [3.8, 4) is 23.1 Å². The van der Waals surface area contributed by atoms with E-state index in [1.54, 1.807) is 30.3 Å². The number of fused-ring (bicyclic) bond motifs is 1. The molecule has 0 saturated heterocycles. The molecule has 194 valence electrons. The van der Waals surface area contributed by atoms with E-state index in [1.807, 2.05) is 0 Å². The lowest BCUT2D eigenvalue weighted by Gasteiger charge is -2.11. The third-order valence-electron chi connectivity index (χ3n) is 5.33. The van der Waals surface area contributed by atoms with E-state index in [2.05, 4.69) is 30.1 Å². The van der Waals surface area contributed by atoms with Gasteiger partial charge in [-0.05, 0) is 54.3 Å². The molecule has 5 aromatic rings. The first-order chi connectivity index (χ1) is 18.3. The Morgan fingerprint density at radius 3 is 2.74 bits per heavy atom. The summed E-state index contributed by atoms with van der Waals surface area (Å²) in [6.07, 6.45) is 1.99. The molecule has 1 amide bonds. The average molecular weight is 554 g/mol. The number of aromatic nitrogens is 5. The minimum absolute atomic E-state index is 0.00292. The number of anilines is 3. The Morgan fingerprint density at radius 1 is 1.16 bits per heavy atom. The summed E-state index contributed by atoms with van der Waals surface area (Å²) in [5.41, 5.74) is 12.5.